The van der Waals surface area contributed by atoms with Gasteiger partial charge in [-0.2, -0.15) is 0 Å². The monoisotopic (exact) mass is 188 g/mol. The van der Waals surface area contributed by atoms with Crippen molar-refractivity contribution in [3.8, 4) is 0 Å². The molecule has 0 saturated heterocycles. The number of hydrogen-bond donors (Lipinski definition) is 0. The number of rotatable bonds is 0. The third kappa shape index (κ3) is 6.47. The fourth-order valence-electron chi connectivity index (χ4n) is 1.42. The number of allylic oxidation sites excluding steroid dienone is 8. The van der Waals surface area contributed by atoms with E-state index in [-0.39, 0.29) is 0 Å². The summed E-state index contributed by atoms with van der Waals surface area (Å²) in [6.07, 6.45) is 25.0. The van der Waals surface area contributed by atoms with Gasteiger partial charge in [0, 0.05) is 0 Å². The third-order valence-electron chi connectivity index (χ3n) is 2.26. The zero-order valence-electron chi connectivity index (χ0n) is 8.86. The molecule has 0 fully saturated rings. The average molecular weight is 188 g/mol. The first kappa shape index (κ1) is 11.0. The molecule has 0 N–H and O–H groups in total. The third-order valence-corrected chi connectivity index (χ3v) is 2.26. The predicted molar refractivity (Wildman–Crippen MR) is 64.3 cm³/mol. The Kier molecular flexibility index (Phi) is 6.74. The van der Waals surface area contributed by atoms with E-state index in [1.807, 2.05) is 0 Å². The van der Waals surface area contributed by atoms with Crippen LogP contribution in [0.15, 0.2) is 48.6 Å². The minimum absolute atomic E-state index is 1.15. The quantitative estimate of drug-likeness (QED) is 0.522. The van der Waals surface area contributed by atoms with E-state index >= 15 is 0 Å². The summed E-state index contributed by atoms with van der Waals surface area (Å²) < 4.78 is 0. The highest BCUT2D eigenvalue weighted by atomic mass is 13.9. The van der Waals surface area contributed by atoms with Crippen molar-refractivity contribution >= 4 is 0 Å². The molecule has 14 heavy (non-hydrogen) atoms. The molecule has 0 aromatic rings. The van der Waals surface area contributed by atoms with E-state index in [2.05, 4.69) is 48.6 Å². The Morgan fingerprint density at radius 1 is 0.429 bits per heavy atom. The minimum Gasteiger partial charge on any atom is -0.0845 e. The molecule has 1 rings (SSSR count). The number of hydrogen-bond acceptors (Lipinski definition) is 0. The Morgan fingerprint density at radius 3 is 1.21 bits per heavy atom. The fourth-order valence-corrected chi connectivity index (χ4v) is 1.42. The molecule has 0 amide bonds. The fraction of sp³-hybridized carbons (Fsp3) is 0.429. The topological polar surface area (TPSA) is 0 Å². The molecular formula is C14H20. The molecule has 0 heterocycles. The molecule has 1 aliphatic rings. The van der Waals surface area contributed by atoms with Gasteiger partial charge < -0.3 is 0 Å². The zero-order chi connectivity index (χ0) is 9.90. The second-order valence-electron chi connectivity index (χ2n) is 3.57. The van der Waals surface area contributed by atoms with E-state index in [1.165, 1.54) is 25.7 Å². The van der Waals surface area contributed by atoms with Gasteiger partial charge in [0.15, 0.2) is 0 Å². The SMILES string of the molecule is C1=CCC/C=C\C=C\CCCC/C=C\1. The van der Waals surface area contributed by atoms with Crippen LogP contribution in [0.5, 0.6) is 0 Å². The molecule has 0 atom stereocenters. The van der Waals surface area contributed by atoms with Crippen LogP contribution in [0.3, 0.4) is 0 Å². The van der Waals surface area contributed by atoms with E-state index in [0.29, 0.717) is 0 Å². The van der Waals surface area contributed by atoms with Crippen LogP contribution >= 0.6 is 0 Å². The lowest BCUT2D eigenvalue weighted by atomic mass is 10.1. The summed E-state index contributed by atoms with van der Waals surface area (Å²) in [6.45, 7) is 0. The van der Waals surface area contributed by atoms with E-state index in [0.717, 1.165) is 12.8 Å². The Morgan fingerprint density at radius 2 is 0.786 bits per heavy atom. The predicted octanol–water partition coefficient (Wildman–Crippen LogP) is 4.57. The molecule has 0 nitrogen and oxygen atoms in total. The van der Waals surface area contributed by atoms with Crippen LogP contribution in [0.25, 0.3) is 0 Å². The van der Waals surface area contributed by atoms with Gasteiger partial charge in [-0.05, 0) is 38.5 Å². The highest BCUT2D eigenvalue weighted by molar-refractivity contribution is 5.05. The largest absolute Gasteiger partial charge is 0.0845 e. The van der Waals surface area contributed by atoms with E-state index in [9.17, 15) is 0 Å². The van der Waals surface area contributed by atoms with E-state index in [1.54, 1.807) is 0 Å². The zero-order valence-corrected chi connectivity index (χ0v) is 8.86. The summed E-state index contributed by atoms with van der Waals surface area (Å²) in [4.78, 5) is 0. The molecule has 0 aromatic carbocycles. The summed E-state index contributed by atoms with van der Waals surface area (Å²) in [6, 6.07) is 0. The van der Waals surface area contributed by atoms with Crippen molar-refractivity contribution in [3.05, 3.63) is 48.6 Å². The molecular weight excluding hydrogens is 168 g/mol. The summed E-state index contributed by atoms with van der Waals surface area (Å²) in [5.41, 5.74) is 0. The first-order valence-electron chi connectivity index (χ1n) is 5.63. The van der Waals surface area contributed by atoms with Crippen molar-refractivity contribution in [2.45, 2.75) is 38.5 Å². The maximum Gasteiger partial charge on any atom is -0.0313 e. The van der Waals surface area contributed by atoms with Crippen LogP contribution in [-0.4, -0.2) is 0 Å². The van der Waals surface area contributed by atoms with Gasteiger partial charge in [-0.3, -0.25) is 0 Å². The van der Waals surface area contributed by atoms with Crippen LogP contribution in [-0.2, 0) is 0 Å². The second-order valence-corrected chi connectivity index (χ2v) is 3.57. The van der Waals surface area contributed by atoms with Crippen molar-refractivity contribution in [1.82, 2.24) is 0 Å². The first-order chi connectivity index (χ1) is 7.00. The van der Waals surface area contributed by atoms with Crippen LogP contribution < -0.4 is 0 Å². The molecule has 0 aliphatic heterocycles. The van der Waals surface area contributed by atoms with Gasteiger partial charge in [0.1, 0.15) is 0 Å². The molecule has 0 radical (unpaired) electrons. The lowest BCUT2D eigenvalue weighted by Gasteiger charge is -1.92. The molecule has 1 aliphatic carbocycles. The summed E-state index contributed by atoms with van der Waals surface area (Å²) in [5, 5.41) is 0. The summed E-state index contributed by atoms with van der Waals surface area (Å²) in [7, 11) is 0. The Bertz CT molecular complexity index is 202. The van der Waals surface area contributed by atoms with Crippen molar-refractivity contribution in [2.75, 3.05) is 0 Å². The summed E-state index contributed by atoms with van der Waals surface area (Å²) in [5.74, 6) is 0. The van der Waals surface area contributed by atoms with E-state index in [4.69, 9.17) is 0 Å². The maximum atomic E-state index is 2.27. The van der Waals surface area contributed by atoms with Crippen LogP contribution in [0.4, 0.5) is 0 Å². The standard InChI is InChI=1S/C14H20/c1-2-4-6-8-10-12-14-13-11-9-7-5-3-1/h1-4,9,11,13-14H,5-8,10,12H2/b3-1-,4-2+,11-9?,14-13-. The summed E-state index contributed by atoms with van der Waals surface area (Å²) >= 11 is 0. The molecule has 0 heteroatoms. The van der Waals surface area contributed by atoms with Gasteiger partial charge in [-0.25, -0.2) is 0 Å². The second kappa shape index (κ2) is 8.55. The first-order valence-corrected chi connectivity index (χ1v) is 5.63. The lowest BCUT2D eigenvalue weighted by Crippen LogP contribution is -1.72. The Balaban J connectivity index is 2.34. The molecule has 0 spiro atoms. The van der Waals surface area contributed by atoms with Gasteiger partial charge in [0.05, 0.1) is 0 Å². The Labute approximate surface area is 87.7 Å². The van der Waals surface area contributed by atoms with Crippen molar-refractivity contribution < 1.29 is 0 Å². The van der Waals surface area contributed by atoms with Gasteiger partial charge in [0.2, 0.25) is 0 Å². The van der Waals surface area contributed by atoms with Gasteiger partial charge in [0.25, 0.3) is 0 Å². The highest BCUT2D eigenvalue weighted by Gasteiger charge is 1.83. The Hall–Kier alpha value is -1.04. The van der Waals surface area contributed by atoms with Crippen molar-refractivity contribution in [3.63, 3.8) is 0 Å². The molecule has 0 aromatic heterocycles. The van der Waals surface area contributed by atoms with Crippen molar-refractivity contribution in [2.24, 2.45) is 0 Å². The molecule has 0 unspecified atom stereocenters. The van der Waals surface area contributed by atoms with Gasteiger partial charge in [-0.15, -0.1) is 0 Å². The minimum atomic E-state index is 1.15. The van der Waals surface area contributed by atoms with Crippen LogP contribution in [0.2, 0.25) is 0 Å². The average Bonchev–Trinajstić information content (AvgIpc) is 2.22. The van der Waals surface area contributed by atoms with Gasteiger partial charge >= 0.3 is 0 Å². The smallest absolute Gasteiger partial charge is 0.0313 e. The normalized spacial score (nSPS) is 26.3. The van der Waals surface area contributed by atoms with Crippen LogP contribution in [0.1, 0.15) is 38.5 Å². The molecule has 0 saturated carbocycles. The highest BCUT2D eigenvalue weighted by Crippen LogP contribution is 2.03. The molecule has 76 valence electrons. The van der Waals surface area contributed by atoms with Crippen LogP contribution in [0, 0.1) is 0 Å². The molecule has 0 bridgehead atoms. The van der Waals surface area contributed by atoms with E-state index < -0.39 is 0 Å². The maximum absolute atomic E-state index is 2.27. The van der Waals surface area contributed by atoms with Gasteiger partial charge in [-0.1, -0.05) is 48.6 Å². The lowest BCUT2D eigenvalue weighted by molar-refractivity contribution is 0.762. The van der Waals surface area contributed by atoms with Crippen molar-refractivity contribution in [1.29, 1.82) is 0 Å².